The number of piperazine rings is 1. The van der Waals surface area contributed by atoms with Gasteiger partial charge in [0.2, 0.25) is 11.8 Å². The van der Waals surface area contributed by atoms with E-state index in [-0.39, 0.29) is 11.8 Å². The smallest absolute Gasteiger partial charge is 0.263 e. The number of thioether (sulfide) groups is 1. The number of para-hydroxylation sites is 1. The van der Waals surface area contributed by atoms with Crippen molar-refractivity contribution in [3.8, 4) is 0 Å². The van der Waals surface area contributed by atoms with E-state index in [4.69, 9.17) is 0 Å². The summed E-state index contributed by atoms with van der Waals surface area (Å²) in [5, 5.41) is 16.6. The van der Waals surface area contributed by atoms with Crippen LogP contribution in [0, 0.1) is 5.92 Å². The van der Waals surface area contributed by atoms with Crippen molar-refractivity contribution in [1.82, 2.24) is 10.6 Å². The molecule has 0 aromatic heterocycles. The molecule has 7 nitrogen and oxygen atoms in total. The van der Waals surface area contributed by atoms with Crippen molar-refractivity contribution in [3.63, 3.8) is 0 Å². The van der Waals surface area contributed by atoms with Gasteiger partial charge in [-0.2, -0.15) is 11.8 Å². The SMILES string of the molecule is CSC[C@@H]1NC(=O)C([C@@H](C)[C@@]2(O)C(=O)N(C)c3ccccc32)NC1=O. The summed E-state index contributed by atoms with van der Waals surface area (Å²) in [6, 6.07) is 5.34. The van der Waals surface area contributed by atoms with Crippen molar-refractivity contribution in [2.45, 2.75) is 24.6 Å². The molecule has 1 unspecified atom stereocenters. The average Bonchev–Trinajstić information content (AvgIpc) is 2.80. The van der Waals surface area contributed by atoms with E-state index in [0.717, 1.165) is 0 Å². The Morgan fingerprint density at radius 2 is 1.92 bits per heavy atom. The van der Waals surface area contributed by atoms with Crippen LogP contribution in [0.25, 0.3) is 0 Å². The first kappa shape index (κ1) is 17.8. The van der Waals surface area contributed by atoms with Gasteiger partial charge in [0.05, 0.1) is 5.69 Å². The molecular weight excluding hydrogens is 342 g/mol. The van der Waals surface area contributed by atoms with Crippen LogP contribution in [0.4, 0.5) is 5.69 Å². The highest BCUT2D eigenvalue weighted by atomic mass is 32.2. The fourth-order valence-electron chi connectivity index (χ4n) is 3.53. The van der Waals surface area contributed by atoms with E-state index >= 15 is 0 Å². The van der Waals surface area contributed by atoms with Crippen molar-refractivity contribution in [2.75, 3.05) is 24.0 Å². The van der Waals surface area contributed by atoms with Gasteiger partial charge in [0.15, 0.2) is 5.60 Å². The molecule has 1 fully saturated rings. The van der Waals surface area contributed by atoms with Crippen LogP contribution < -0.4 is 15.5 Å². The molecule has 0 spiro atoms. The molecule has 3 N–H and O–H groups in total. The molecule has 0 aliphatic carbocycles. The topological polar surface area (TPSA) is 98.7 Å². The van der Waals surface area contributed by atoms with E-state index in [1.165, 1.54) is 16.7 Å². The van der Waals surface area contributed by atoms with Gasteiger partial charge in [0.1, 0.15) is 12.1 Å². The number of rotatable bonds is 4. The Morgan fingerprint density at radius 3 is 2.60 bits per heavy atom. The molecular formula is C17H21N3O4S. The molecule has 1 aromatic rings. The van der Waals surface area contributed by atoms with Crippen LogP contribution in [0.15, 0.2) is 24.3 Å². The zero-order chi connectivity index (χ0) is 18.4. The summed E-state index contributed by atoms with van der Waals surface area (Å²) in [6.45, 7) is 1.60. The lowest BCUT2D eigenvalue weighted by molar-refractivity contribution is -0.149. The standard InChI is InChI=1S/C17H21N3O4S/c1-9(13-15(22)18-11(8-25-3)14(21)19-13)17(24)10-6-4-5-7-12(10)20(2)16(17)23/h4-7,9,11,13,24H,8H2,1-3H3,(H,18,22)(H,19,21)/t9-,11+,13?,17+/m1/s1. The zero-order valence-corrected chi connectivity index (χ0v) is 15.1. The minimum absolute atomic E-state index is 0.304. The van der Waals surface area contributed by atoms with Crippen LogP contribution in [0.2, 0.25) is 0 Å². The van der Waals surface area contributed by atoms with Crippen molar-refractivity contribution in [3.05, 3.63) is 29.8 Å². The predicted molar refractivity (Wildman–Crippen MR) is 95.2 cm³/mol. The largest absolute Gasteiger partial charge is 0.375 e. The first-order valence-corrected chi connectivity index (χ1v) is 9.41. The Labute approximate surface area is 150 Å². The number of likely N-dealkylation sites (N-methyl/N-ethyl adjacent to an activating group) is 1. The minimum atomic E-state index is -1.87. The molecule has 4 atom stereocenters. The van der Waals surface area contributed by atoms with Gasteiger partial charge < -0.3 is 20.6 Å². The van der Waals surface area contributed by atoms with Gasteiger partial charge in [0, 0.05) is 24.3 Å². The van der Waals surface area contributed by atoms with Crippen LogP contribution >= 0.6 is 11.8 Å². The first-order valence-electron chi connectivity index (χ1n) is 8.02. The summed E-state index contributed by atoms with van der Waals surface area (Å²) in [4.78, 5) is 38.9. The molecule has 0 radical (unpaired) electrons. The van der Waals surface area contributed by atoms with Crippen molar-refractivity contribution in [2.24, 2.45) is 5.92 Å². The first-order chi connectivity index (χ1) is 11.8. The molecule has 1 aromatic carbocycles. The van der Waals surface area contributed by atoms with E-state index in [9.17, 15) is 19.5 Å². The van der Waals surface area contributed by atoms with Gasteiger partial charge >= 0.3 is 0 Å². The normalized spacial score (nSPS) is 29.9. The average molecular weight is 363 g/mol. The number of aliphatic hydroxyl groups is 1. The molecule has 134 valence electrons. The Kier molecular flexibility index (Phi) is 4.51. The van der Waals surface area contributed by atoms with Crippen molar-refractivity contribution >= 4 is 35.2 Å². The fraction of sp³-hybridized carbons (Fsp3) is 0.471. The third-order valence-electron chi connectivity index (χ3n) is 5.01. The number of anilines is 1. The number of amides is 3. The van der Waals surface area contributed by atoms with Crippen molar-refractivity contribution < 1.29 is 19.5 Å². The van der Waals surface area contributed by atoms with Gasteiger partial charge in [-0.05, 0) is 12.3 Å². The van der Waals surface area contributed by atoms with E-state index < -0.39 is 29.5 Å². The number of nitrogens with one attached hydrogen (secondary N) is 2. The lowest BCUT2D eigenvalue weighted by Gasteiger charge is -2.38. The van der Waals surface area contributed by atoms with Crippen molar-refractivity contribution in [1.29, 1.82) is 0 Å². The second-order valence-corrected chi connectivity index (χ2v) is 7.35. The molecule has 2 aliphatic heterocycles. The lowest BCUT2D eigenvalue weighted by Crippen LogP contribution is -2.67. The van der Waals surface area contributed by atoms with E-state index in [0.29, 0.717) is 17.0 Å². The van der Waals surface area contributed by atoms with E-state index in [1.807, 2.05) is 6.26 Å². The Bertz CT molecular complexity index is 740. The highest BCUT2D eigenvalue weighted by Crippen LogP contribution is 2.45. The third-order valence-corrected chi connectivity index (χ3v) is 5.68. The maximum Gasteiger partial charge on any atom is 0.263 e. The summed E-state index contributed by atoms with van der Waals surface area (Å²) < 4.78 is 0. The Morgan fingerprint density at radius 1 is 1.24 bits per heavy atom. The summed E-state index contributed by atoms with van der Waals surface area (Å²) in [7, 11) is 1.58. The van der Waals surface area contributed by atoms with E-state index in [1.54, 1.807) is 38.2 Å². The van der Waals surface area contributed by atoms with Crippen LogP contribution in [0.1, 0.15) is 12.5 Å². The summed E-state index contributed by atoms with van der Waals surface area (Å²) in [6.07, 6.45) is 1.85. The van der Waals surface area contributed by atoms with Gasteiger partial charge in [-0.25, -0.2) is 0 Å². The number of nitrogens with zero attached hydrogens (tertiary/aromatic N) is 1. The van der Waals surface area contributed by atoms with Gasteiger partial charge in [-0.15, -0.1) is 0 Å². The molecule has 2 aliphatic rings. The summed E-state index contributed by atoms with van der Waals surface area (Å²) in [5.74, 6) is -1.56. The van der Waals surface area contributed by atoms with Gasteiger partial charge in [0.25, 0.3) is 5.91 Å². The molecule has 0 saturated carbocycles. The highest BCUT2D eigenvalue weighted by molar-refractivity contribution is 7.98. The monoisotopic (exact) mass is 363 g/mol. The quantitative estimate of drug-likeness (QED) is 0.690. The van der Waals surface area contributed by atoms with Gasteiger partial charge in [-0.1, -0.05) is 25.1 Å². The van der Waals surface area contributed by atoms with E-state index in [2.05, 4.69) is 10.6 Å². The number of benzene rings is 1. The Hall–Kier alpha value is -2.06. The summed E-state index contributed by atoms with van der Waals surface area (Å²) in [5.41, 5.74) is -0.819. The lowest BCUT2D eigenvalue weighted by atomic mass is 9.78. The second-order valence-electron chi connectivity index (χ2n) is 6.44. The molecule has 1 saturated heterocycles. The molecule has 25 heavy (non-hydrogen) atoms. The highest BCUT2D eigenvalue weighted by Gasteiger charge is 2.56. The predicted octanol–water partition coefficient (Wildman–Crippen LogP) is -0.167. The van der Waals surface area contributed by atoms with Crippen LogP contribution in [0.3, 0.4) is 0 Å². The second kappa shape index (κ2) is 6.34. The number of hydrogen-bond acceptors (Lipinski definition) is 5. The number of fused-ring (bicyclic) bond motifs is 1. The number of carbonyl (C=O) groups is 3. The van der Waals surface area contributed by atoms with Gasteiger partial charge in [-0.3, -0.25) is 14.4 Å². The van der Waals surface area contributed by atoms with Crippen LogP contribution in [0.5, 0.6) is 0 Å². The Balaban J connectivity index is 1.93. The maximum absolute atomic E-state index is 12.8. The molecule has 3 rings (SSSR count). The maximum atomic E-state index is 12.8. The van der Waals surface area contributed by atoms with Crippen LogP contribution in [-0.4, -0.2) is 54.0 Å². The molecule has 0 bridgehead atoms. The zero-order valence-electron chi connectivity index (χ0n) is 14.3. The third kappa shape index (κ3) is 2.60. The minimum Gasteiger partial charge on any atom is -0.375 e. The molecule has 8 heteroatoms. The molecule has 3 amide bonds. The number of carbonyl (C=O) groups excluding carboxylic acids is 3. The van der Waals surface area contributed by atoms with Crippen LogP contribution in [-0.2, 0) is 20.0 Å². The number of hydrogen-bond donors (Lipinski definition) is 3. The summed E-state index contributed by atoms with van der Waals surface area (Å²) >= 11 is 1.45. The fourth-order valence-corrected chi connectivity index (χ4v) is 4.10. The molecule has 2 heterocycles.